The molecule has 0 saturated carbocycles. The summed E-state index contributed by atoms with van der Waals surface area (Å²) in [6, 6.07) is 10.2. The largest absolute Gasteiger partial charge is 0.394 e. The highest BCUT2D eigenvalue weighted by Gasteiger charge is 2.26. The molecule has 23 heteroatoms. The van der Waals surface area contributed by atoms with Gasteiger partial charge >= 0.3 is 0 Å². The van der Waals surface area contributed by atoms with Crippen LogP contribution in [0, 0.1) is 0 Å². The second-order valence-electron chi connectivity index (χ2n) is 15.0. The van der Waals surface area contributed by atoms with E-state index < -0.39 is 24.1 Å². The molecule has 0 fully saturated rings. The van der Waals surface area contributed by atoms with Crippen LogP contribution in [0.1, 0.15) is 45.1 Å². The van der Waals surface area contributed by atoms with Crippen molar-refractivity contribution < 1.29 is 24.2 Å². The number of benzene rings is 2. The Morgan fingerprint density at radius 3 is 2.30 bits per heavy atom. The number of imidazole rings is 2. The van der Waals surface area contributed by atoms with Gasteiger partial charge in [-0.1, -0.05) is 10.4 Å². The zero-order valence-electron chi connectivity index (χ0n) is 33.3. The third-order valence-electron chi connectivity index (χ3n) is 10.6. The molecule has 0 aliphatic carbocycles. The summed E-state index contributed by atoms with van der Waals surface area (Å²) in [7, 11) is 5.38. The summed E-state index contributed by atoms with van der Waals surface area (Å²) < 4.78 is 18.9. The van der Waals surface area contributed by atoms with Gasteiger partial charge in [-0.25, -0.2) is 28.4 Å². The van der Waals surface area contributed by atoms with E-state index in [-0.39, 0.29) is 50.3 Å². The first-order valence-corrected chi connectivity index (χ1v) is 19.4. The average molecular weight is 829 g/mol. The number of aryl methyl sites for hydroxylation is 2. The van der Waals surface area contributed by atoms with E-state index in [0.29, 0.717) is 56.7 Å². The lowest BCUT2D eigenvalue weighted by Gasteiger charge is -2.24. The van der Waals surface area contributed by atoms with Crippen LogP contribution in [0.4, 0.5) is 34.4 Å². The molecule has 8 heterocycles. The van der Waals surface area contributed by atoms with E-state index in [4.69, 9.17) is 19.7 Å². The van der Waals surface area contributed by atoms with Crippen LogP contribution in [0.3, 0.4) is 0 Å². The number of fused-ring (bicyclic) bond motifs is 10. The molecule has 2 aliphatic rings. The predicted octanol–water partition coefficient (Wildman–Crippen LogP) is 1.79. The van der Waals surface area contributed by atoms with Gasteiger partial charge in [0.25, 0.3) is 11.8 Å². The van der Waals surface area contributed by atoms with Crippen molar-refractivity contribution in [2.75, 3.05) is 54.7 Å². The summed E-state index contributed by atoms with van der Waals surface area (Å²) in [4.78, 5) is 36.4. The van der Waals surface area contributed by atoms with Crippen LogP contribution >= 0.6 is 0 Å². The lowest BCUT2D eigenvalue weighted by Crippen LogP contribution is -2.41. The number of anilines is 6. The Labute approximate surface area is 344 Å². The van der Waals surface area contributed by atoms with Gasteiger partial charge in [0, 0.05) is 45.9 Å². The minimum absolute atomic E-state index is 0.0591. The Bertz CT molecular complexity index is 3020. The molecule has 8 bridgehead atoms. The Kier molecular flexibility index (Phi) is 9.25. The highest BCUT2D eigenvalue weighted by atomic mass is 16.5. The molecule has 23 nitrogen and oxygen atoms in total. The summed E-state index contributed by atoms with van der Waals surface area (Å²) in [5.41, 5.74) is 7.94. The highest BCUT2D eigenvalue weighted by Crippen LogP contribution is 2.34. The molecule has 3 atom stereocenters. The topological polar surface area (TPSA) is 267 Å². The highest BCUT2D eigenvalue weighted by molar-refractivity contribution is 5.96. The standard InChI is InChI=1S/C38H40N18O5/c1-18-15-61-30(20-7-23(34-24(8-20)47-51-54(34)4)46-31-9-25(39-2)35-41-11-28(37(58)43-18)55(35)49-31)13-40-26-10-32-45-22-5-19(6-27-33(22)48-52-53(27)3)16-60-17-21(14-57)44-38(59)29-12-42-36(26)56(29)50-32/h5-12,18,21,30,39-40,57H,13-17H2,1-4H3,(H,43,58)(H,44,59)(H,45,50)(H,46,49)/t18-,21-,30?/m1/s1. The summed E-state index contributed by atoms with van der Waals surface area (Å²) >= 11 is 0. The number of hydrogen-bond acceptors (Lipinski definition) is 17. The Morgan fingerprint density at radius 2 is 1.54 bits per heavy atom. The van der Waals surface area contributed by atoms with Crippen molar-refractivity contribution in [1.29, 1.82) is 0 Å². The maximum Gasteiger partial charge on any atom is 0.272 e. The minimum Gasteiger partial charge on any atom is -0.394 e. The number of aromatic nitrogens is 12. The summed E-state index contributed by atoms with van der Waals surface area (Å²) in [6.45, 7) is 2.08. The van der Waals surface area contributed by atoms with Gasteiger partial charge in [0.15, 0.2) is 34.3 Å². The van der Waals surface area contributed by atoms with Gasteiger partial charge in [0.05, 0.1) is 79.2 Å². The summed E-state index contributed by atoms with van der Waals surface area (Å²) in [5.74, 6) is -0.0666. The van der Waals surface area contributed by atoms with Gasteiger partial charge in [-0.2, -0.15) is 0 Å². The Hall–Kier alpha value is -7.50. The predicted molar refractivity (Wildman–Crippen MR) is 221 cm³/mol. The van der Waals surface area contributed by atoms with Crippen LogP contribution in [0.15, 0.2) is 48.8 Å². The minimum atomic E-state index is -0.696. The fourth-order valence-electron chi connectivity index (χ4n) is 7.62. The number of nitrogens with one attached hydrogen (secondary N) is 6. The zero-order valence-corrected chi connectivity index (χ0v) is 33.3. The van der Waals surface area contributed by atoms with Crippen LogP contribution in [-0.4, -0.2) is 122 Å². The molecule has 2 aromatic carbocycles. The van der Waals surface area contributed by atoms with E-state index in [0.717, 1.165) is 22.2 Å². The molecular formula is C38H40N18O5. The summed E-state index contributed by atoms with van der Waals surface area (Å²) in [6.07, 6.45) is 2.28. The molecule has 0 radical (unpaired) electrons. The fraction of sp³-hybridized carbons (Fsp3) is 0.316. The molecule has 312 valence electrons. The van der Waals surface area contributed by atoms with Crippen LogP contribution in [0.25, 0.3) is 33.4 Å². The van der Waals surface area contributed by atoms with Crippen molar-refractivity contribution in [1.82, 2.24) is 69.8 Å². The first-order chi connectivity index (χ1) is 29.6. The first-order valence-electron chi connectivity index (χ1n) is 19.4. The molecule has 8 aromatic rings. The lowest BCUT2D eigenvalue weighted by molar-refractivity contribution is 0.0464. The Balaban J connectivity index is 1.06. The van der Waals surface area contributed by atoms with E-state index >= 15 is 0 Å². The van der Waals surface area contributed by atoms with Crippen LogP contribution in [0.2, 0.25) is 0 Å². The van der Waals surface area contributed by atoms with Crippen molar-refractivity contribution in [3.63, 3.8) is 0 Å². The van der Waals surface area contributed by atoms with Crippen molar-refractivity contribution in [2.24, 2.45) is 14.1 Å². The number of nitrogens with zero attached hydrogens (tertiary/aromatic N) is 12. The van der Waals surface area contributed by atoms with Crippen molar-refractivity contribution in [2.45, 2.75) is 31.7 Å². The van der Waals surface area contributed by atoms with Gasteiger partial charge < -0.3 is 46.5 Å². The second kappa shape index (κ2) is 15.0. The van der Waals surface area contributed by atoms with Crippen LogP contribution in [-0.2, 0) is 30.2 Å². The molecule has 10 rings (SSSR count). The maximum absolute atomic E-state index is 13.7. The molecule has 2 aliphatic heterocycles. The quantitative estimate of drug-likeness (QED) is 0.130. The summed E-state index contributed by atoms with van der Waals surface area (Å²) in [5, 5.41) is 56.5. The first kappa shape index (κ1) is 37.7. The SMILES string of the molecule is CNc1cc2nn3c(cnc13)C(=O)N[C@H](C)COC(CNc1cc3nn4c(cnc14)C(=O)N[C@H](CO)COCc1cc(c4nnn(C)c4c1)N3)c1cc(c3c(c1)nnn3C)N2. The number of amides is 2. The third-order valence-corrected chi connectivity index (χ3v) is 10.6. The van der Waals surface area contributed by atoms with Gasteiger partial charge in [-0.15, -0.1) is 20.4 Å². The third kappa shape index (κ3) is 6.78. The number of carbonyl (C=O) groups excluding carboxylic acids is 2. The number of rotatable bonds is 5. The Morgan fingerprint density at radius 1 is 0.836 bits per heavy atom. The van der Waals surface area contributed by atoms with Gasteiger partial charge in [-0.3, -0.25) is 9.59 Å². The van der Waals surface area contributed by atoms with Gasteiger partial charge in [0.1, 0.15) is 16.6 Å². The van der Waals surface area contributed by atoms with Crippen LogP contribution in [0.5, 0.6) is 0 Å². The average Bonchev–Trinajstić information content (AvgIpc) is 4.05. The van der Waals surface area contributed by atoms with E-state index in [1.165, 1.54) is 21.4 Å². The number of ether oxygens (including phenoxy) is 2. The number of hydrogen-bond donors (Lipinski definition) is 7. The van der Waals surface area contributed by atoms with E-state index in [1.807, 2.05) is 37.3 Å². The molecule has 1 unspecified atom stereocenters. The van der Waals surface area contributed by atoms with Crippen molar-refractivity contribution in [3.8, 4) is 0 Å². The smallest absolute Gasteiger partial charge is 0.272 e. The molecule has 6 aromatic heterocycles. The molecule has 2 amide bonds. The molecule has 0 saturated heterocycles. The molecule has 7 N–H and O–H groups in total. The fourth-order valence-corrected chi connectivity index (χ4v) is 7.62. The number of carbonyl (C=O) groups is 2. The molecule has 0 spiro atoms. The van der Waals surface area contributed by atoms with Gasteiger partial charge in [0.2, 0.25) is 0 Å². The van der Waals surface area contributed by atoms with E-state index in [2.05, 4.69) is 62.5 Å². The van der Waals surface area contributed by atoms with E-state index in [9.17, 15) is 14.7 Å². The van der Waals surface area contributed by atoms with Gasteiger partial charge in [-0.05, 0) is 42.3 Å². The van der Waals surface area contributed by atoms with Crippen molar-refractivity contribution >= 4 is 79.6 Å². The second-order valence-corrected chi connectivity index (χ2v) is 15.0. The normalized spacial score (nSPS) is 18.5. The number of aliphatic hydroxyl groups excluding tert-OH is 1. The monoisotopic (exact) mass is 828 g/mol. The van der Waals surface area contributed by atoms with Crippen LogP contribution < -0.4 is 31.9 Å². The van der Waals surface area contributed by atoms with E-state index in [1.54, 1.807) is 36.6 Å². The molecular weight excluding hydrogens is 789 g/mol. The molecule has 61 heavy (non-hydrogen) atoms. The number of aliphatic hydroxyl groups is 1. The van der Waals surface area contributed by atoms with Crippen molar-refractivity contribution in [3.05, 3.63) is 71.3 Å². The lowest BCUT2D eigenvalue weighted by atomic mass is 10.1. The maximum atomic E-state index is 13.7. The zero-order chi connectivity index (χ0) is 41.9.